The zero-order chi connectivity index (χ0) is 11.8. The molecule has 0 rings (SSSR count). The lowest BCUT2D eigenvalue weighted by Crippen LogP contribution is -2.14. The fraction of sp³-hybridized carbons (Fsp3) is 0.200. The topological polar surface area (TPSA) is 66.4 Å². The summed E-state index contributed by atoms with van der Waals surface area (Å²) in [5.41, 5.74) is -0.0332. The maximum absolute atomic E-state index is 12.7. The van der Waals surface area contributed by atoms with E-state index in [0.29, 0.717) is 12.0 Å². The Labute approximate surface area is 86.8 Å². The molecular formula is C10H12FNO3. The Morgan fingerprint density at radius 3 is 2.53 bits per heavy atom. The predicted molar refractivity (Wildman–Crippen MR) is 53.8 cm³/mol. The van der Waals surface area contributed by atoms with Gasteiger partial charge in [-0.25, -0.2) is 9.18 Å². The third-order valence-electron chi connectivity index (χ3n) is 1.61. The van der Waals surface area contributed by atoms with Crippen LogP contribution in [0, 0.1) is 0 Å². The lowest BCUT2D eigenvalue weighted by molar-refractivity contribution is -0.132. The molecule has 1 amide bonds. The second-order valence-electron chi connectivity index (χ2n) is 2.63. The van der Waals surface area contributed by atoms with Crippen LogP contribution in [0.25, 0.3) is 0 Å². The summed E-state index contributed by atoms with van der Waals surface area (Å²) in [4.78, 5) is 20.6. The molecule has 0 fully saturated rings. The van der Waals surface area contributed by atoms with Crippen LogP contribution in [0.4, 0.5) is 4.39 Å². The first-order valence-corrected chi connectivity index (χ1v) is 4.15. The van der Waals surface area contributed by atoms with Crippen LogP contribution in [0.3, 0.4) is 0 Å². The summed E-state index contributed by atoms with van der Waals surface area (Å²) >= 11 is 0. The van der Waals surface area contributed by atoms with Gasteiger partial charge < -0.3 is 10.4 Å². The first kappa shape index (κ1) is 13.1. The standard InChI is InChI=1S/C10H12FNO3/c1-3-8(5-12-6-13)4-9(7(2)11)10(14)15/h3-4,6H,2,5H2,1H3,(H,12,13)(H,14,15)/b8-3?,9-4+. The largest absolute Gasteiger partial charge is 0.478 e. The molecule has 0 aliphatic rings. The molecular weight excluding hydrogens is 201 g/mol. The van der Waals surface area contributed by atoms with Gasteiger partial charge in [0.1, 0.15) is 5.83 Å². The van der Waals surface area contributed by atoms with Crippen LogP contribution in [0.5, 0.6) is 0 Å². The van der Waals surface area contributed by atoms with E-state index >= 15 is 0 Å². The van der Waals surface area contributed by atoms with Crippen molar-refractivity contribution in [2.24, 2.45) is 0 Å². The first-order valence-electron chi connectivity index (χ1n) is 4.15. The molecule has 0 saturated carbocycles. The van der Waals surface area contributed by atoms with E-state index in [4.69, 9.17) is 5.11 Å². The smallest absolute Gasteiger partial charge is 0.338 e. The minimum Gasteiger partial charge on any atom is -0.478 e. The van der Waals surface area contributed by atoms with E-state index in [-0.39, 0.29) is 6.54 Å². The van der Waals surface area contributed by atoms with Crippen molar-refractivity contribution >= 4 is 12.4 Å². The molecule has 82 valence electrons. The van der Waals surface area contributed by atoms with Gasteiger partial charge in [0.05, 0.1) is 5.57 Å². The molecule has 4 nitrogen and oxygen atoms in total. The number of aliphatic carboxylic acids is 1. The molecule has 5 heteroatoms. The minimum absolute atomic E-state index is 0.143. The van der Waals surface area contributed by atoms with E-state index in [1.807, 2.05) is 0 Å². The van der Waals surface area contributed by atoms with E-state index in [2.05, 4.69) is 11.9 Å². The van der Waals surface area contributed by atoms with Crippen LogP contribution >= 0.6 is 0 Å². The molecule has 0 aliphatic heterocycles. The molecule has 0 bridgehead atoms. The number of hydrogen-bond acceptors (Lipinski definition) is 2. The van der Waals surface area contributed by atoms with E-state index in [1.54, 1.807) is 13.0 Å². The average Bonchev–Trinajstić information content (AvgIpc) is 2.17. The van der Waals surface area contributed by atoms with Gasteiger partial charge in [0, 0.05) is 6.54 Å². The Morgan fingerprint density at radius 2 is 2.20 bits per heavy atom. The second-order valence-corrected chi connectivity index (χ2v) is 2.63. The van der Waals surface area contributed by atoms with Gasteiger partial charge in [0.15, 0.2) is 0 Å². The van der Waals surface area contributed by atoms with Crippen molar-refractivity contribution in [1.82, 2.24) is 5.32 Å². The number of amides is 1. The van der Waals surface area contributed by atoms with Gasteiger partial charge in [-0.15, -0.1) is 0 Å². The maximum atomic E-state index is 12.7. The van der Waals surface area contributed by atoms with Crippen molar-refractivity contribution in [2.75, 3.05) is 6.54 Å². The molecule has 15 heavy (non-hydrogen) atoms. The third-order valence-corrected chi connectivity index (χ3v) is 1.61. The van der Waals surface area contributed by atoms with Gasteiger partial charge in [-0.3, -0.25) is 4.79 Å². The van der Waals surface area contributed by atoms with Crippen LogP contribution < -0.4 is 5.32 Å². The zero-order valence-electron chi connectivity index (χ0n) is 8.29. The molecule has 0 aromatic carbocycles. The van der Waals surface area contributed by atoms with Crippen molar-refractivity contribution in [2.45, 2.75) is 6.92 Å². The van der Waals surface area contributed by atoms with Crippen LogP contribution in [0.15, 0.2) is 35.7 Å². The molecule has 0 spiro atoms. The Balaban J connectivity index is 4.85. The normalized spacial score (nSPS) is 12.1. The maximum Gasteiger partial charge on any atom is 0.338 e. The molecule has 2 N–H and O–H groups in total. The summed E-state index contributed by atoms with van der Waals surface area (Å²) in [6.45, 7) is 4.71. The average molecular weight is 213 g/mol. The van der Waals surface area contributed by atoms with E-state index < -0.39 is 17.4 Å². The summed E-state index contributed by atoms with van der Waals surface area (Å²) < 4.78 is 12.7. The van der Waals surface area contributed by atoms with Gasteiger partial charge in [0.2, 0.25) is 6.41 Å². The highest BCUT2D eigenvalue weighted by molar-refractivity contribution is 5.91. The fourth-order valence-electron chi connectivity index (χ4n) is 0.837. The molecule has 0 unspecified atom stereocenters. The van der Waals surface area contributed by atoms with Crippen molar-refractivity contribution in [3.8, 4) is 0 Å². The molecule has 0 aliphatic carbocycles. The summed E-state index contributed by atoms with van der Waals surface area (Å²) in [5.74, 6) is -2.42. The monoisotopic (exact) mass is 213 g/mol. The number of hydrogen-bond donors (Lipinski definition) is 2. The first-order chi connectivity index (χ1) is 7.02. The van der Waals surface area contributed by atoms with Crippen LogP contribution in [-0.2, 0) is 9.59 Å². The van der Waals surface area contributed by atoms with E-state index in [9.17, 15) is 14.0 Å². The zero-order valence-corrected chi connectivity index (χ0v) is 8.29. The highest BCUT2D eigenvalue weighted by atomic mass is 19.1. The number of rotatable bonds is 6. The predicted octanol–water partition coefficient (Wildman–Crippen LogP) is 1.17. The fourth-order valence-corrected chi connectivity index (χ4v) is 0.837. The third kappa shape index (κ3) is 4.75. The molecule has 0 saturated heterocycles. The summed E-state index contributed by atoms with van der Waals surface area (Å²) in [5, 5.41) is 11.0. The number of carbonyl (C=O) groups is 2. The number of halogens is 1. The Hall–Kier alpha value is -1.91. The summed E-state index contributed by atoms with van der Waals surface area (Å²) in [6.07, 6.45) is 3.17. The highest BCUT2D eigenvalue weighted by Crippen LogP contribution is 2.12. The van der Waals surface area contributed by atoms with Crippen molar-refractivity contribution in [3.05, 3.63) is 35.7 Å². The van der Waals surface area contributed by atoms with Crippen LogP contribution in [0.1, 0.15) is 6.92 Å². The molecule has 0 atom stereocenters. The Kier molecular flexibility index (Phi) is 5.70. The number of carboxylic acids is 1. The number of nitrogens with one attached hydrogen (secondary N) is 1. The molecule has 0 aromatic heterocycles. The number of carbonyl (C=O) groups excluding carboxylic acids is 1. The van der Waals surface area contributed by atoms with Gasteiger partial charge in [0.25, 0.3) is 0 Å². The second kappa shape index (κ2) is 6.53. The van der Waals surface area contributed by atoms with Crippen molar-refractivity contribution in [1.29, 1.82) is 0 Å². The van der Waals surface area contributed by atoms with E-state index in [1.165, 1.54) is 0 Å². The van der Waals surface area contributed by atoms with E-state index in [0.717, 1.165) is 6.08 Å². The van der Waals surface area contributed by atoms with Crippen molar-refractivity contribution < 1.29 is 19.1 Å². The van der Waals surface area contributed by atoms with Crippen LogP contribution in [-0.4, -0.2) is 24.0 Å². The van der Waals surface area contributed by atoms with Crippen molar-refractivity contribution in [3.63, 3.8) is 0 Å². The lowest BCUT2D eigenvalue weighted by atomic mass is 10.1. The number of allylic oxidation sites excluding steroid dienone is 1. The quantitative estimate of drug-likeness (QED) is 0.395. The Morgan fingerprint density at radius 1 is 1.60 bits per heavy atom. The highest BCUT2D eigenvalue weighted by Gasteiger charge is 2.11. The van der Waals surface area contributed by atoms with Gasteiger partial charge in [-0.05, 0) is 18.6 Å². The SMILES string of the molecule is C=C(F)/C(=C\C(=CC)CNC=O)C(=O)O. The van der Waals surface area contributed by atoms with Gasteiger partial charge in [-0.2, -0.15) is 0 Å². The lowest BCUT2D eigenvalue weighted by Gasteiger charge is -2.02. The Bertz CT molecular complexity index is 316. The summed E-state index contributed by atoms with van der Waals surface area (Å²) in [6, 6.07) is 0. The molecule has 0 heterocycles. The summed E-state index contributed by atoms with van der Waals surface area (Å²) in [7, 11) is 0. The van der Waals surface area contributed by atoms with Gasteiger partial charge in [-0.1, -0.05) is 12.7 Å². The van der Waals surface area contributed by atoms with Gasteiger partial charge >= 0.3 is 5.97 Å². The minimum atomic E-state index is -1.40. The number of carboxylic acid groups (broad SMARTS) is 1. The van der Waals surface area contributed by atoms with Crippen LogP contribution in [0.2, 0.25) is 0 Å². The molecule has 0 aromatic rings. The molecule has 0 radical (unpaired) electrons.